The molecule has 0 aromatic carbocycles. The summed E-state index contributed by atoms with van der Waals surface area (Å²) in [5.74, 6) is -0.196. The Hall–Kier alpha value is -3.86. The van der Waals surface area contributed by atoms with E-state index in [1.165, 1.54) is 0 Å². The van der Waals surface area contributed by atoms with Crippen LogP contribution in [-0.4, -0.2) is 46.8 Å². The van der Waals surface area contributed by atoms with Crippen molar-refractivity contribution in [2.45, 2.75) is 79.5 Å². The molecule has 0 aliphatic rings. The van der Waals surface area contributed by atoms with Gasteiger partial charge in [0, 0.05) is 6.20 Å². The molecule has 39 heavy (non-hydrogen) atoms. The summed E-state index contributed by atoms with van der Waals surface area (Å²) >= 11 is 1.62. The molecule has 0 saturated carbocycles. The second kappa shape index (κ2) is 11.9. The van der Waals surface area contributed by atoms with Gasteiger partial charge in [-0.15, -0.1) is 11.3 Å². The topological polar surface area (TPSA) is 117 Å². The number of aromatic nitrogens is 6. The average molecular weight is 550 g/mol. The van der Waals surface area contributed by atoms with Crippen molar-refractivity contribution < 1.29 is 14.3 Å². The van der Waals surface area contributed by atoms with Crippen LogP contribution < -0.4 is 5.32 Å². The van der Waals surface area contributed by atoms with E-state index in [9.17, 15) is 9.59 Å². The minimum Gasteiger partial charge on any atom is -0.459 e. The number of carbonyl (C=O) groups is 2. The van der Waals surface area contributed by atoms with Crippen molar-refractivity contribution in [3.63, 3.8) is 0 Å². The molecule has 4 heterocycles. The summed E-state index contributed by atoms with van der Waals surface area (Å²) in [5, 5.41) is 9.52. The van der Waals surface area contributed by atoms with Gasteiger partial charge in [-0.05, 0) is 64.5 Å². The van der Waals surface area contributed by atoms with E-state index in [0.29, 0.717) is 17.9 Å². The first-order chi connectivity index (χ1) is 18.6. The third kappa shape index (κ3) is 6.78. The fourth-order valence-corrected chi connectivity index (χ4v) is 4.94. The van der Waals surface area contributed by atoms with Crippen molar-refractivity contribution in [3.8, 4) is 16.5 Å². The molecule has 0 saturated heterocycles. The molecule has 1 N–H and O–H groups in total. The van der Waals surface area contributed by atoms with E-state index in [0.717, 1.165) is 46.1 Å². The first-order valence-electron chi connectivity index (χ1n) is 13.0. The summed E-state index contributed by atoms with van der Waals surface area (Å²) in [4.78, 5) is 40.5. The van der Waals surface area contributed by atoms with Crippen LogP contribution in [0.3, 0.4) is 0 Å². The molecule has 0 fully saturated rings. The molecule has 1 amide bonds. The van der Waals surface area contributed by atoms with Crippen molar-refractivity contribution in [1.82, 2.24) is 34.6 Å². The molecular weight excluding hydrogens is 514 g/mol. The second-order valence-corrected chi connectivity index (χ2v) is 11.3. The number of hydrogen-bond acceptors (Lipinski definition) is 8. The summed E-state index contributed by atoms with van der Waals surface area (Å²) < 4.78 is 8.81. The Bertz CT molecular complexity index is 1450. The van der Waals surface area contributed by atoms with Crippen LogP contribution >= 0.6 is 11.3 Å². The van der Waals surface area contributed by atoms with Crippen molar-refractivity contribution in [2.24, 2.45) is 0 Å². The van der Waals surface area contributed by atoms with Gasteiger partial charge in [0.25, 0.3) is 11.9 Å². The normalized spacial score (nSPS) is 11.5. The van der Waals surface area contributed by atoms with E-state index >= 15 is 0 Å². The second-order valence-electron chi connectivity index (χ2n) is 10.4. The Kier molecular flexibility index (Phi) is 8.59. The number of thiophene rings is 1. The van der Waals surface area contributed by atoms with Crippen LogP contribution in [0.25, 0.3) is 16.5 Å². The number of carbonyl (C=O) groups excluding carboxylic acids is 2. The number of hydrogen-bond donors (Lipinski definition) is 1. The lowest BCUT2D eigenvalue weighted by Gasteiger charge is -2.20. The van der Waals surface area contributed by atoms with Gasteiger partial charge < -0.3 is 14.6 Å². The highest BCUT2D eigenvalue weighted by atomic mass is 32.1. The van der Waals surface area contributed by atoms with E-state index in [4.69, 9.17) is 9.72 Å². The van der Waals surface area contributed by atoms with Crippen LogP contribution in [0, 0.1) is 13.8 Å². The quantitative estimate of drug-likeness (QED) is 0.282. The summed E-state index contributed by atoms with van der Waals surface area (Å²) in [5.41, 5.74) is 3.94. The zero-order valence-electron chi connectivity index (χ0n) is 23.3. The first-order valence-corrected chi connectivity index (χ1v) is 13.9. The highest BCUT2D eigenvalue weighted by Gasteiger charge is 2.22. The summed E-state index contributed by atoms with van der Waals surface area (Å²) in [7, 11) is 0. The first kappa shape index (κ1) is 28.2. The van der Waals surface area contributed by atoms with Gasteiger partial charge in [0.2, 0.25) is 0 Å². The molecule has 0 aliphatic heterocycles. The van der Waals surface area contributed by atoms with Crippen molar-refractivity contribution >= 4 is 23.2 Å². The Morgan fingerprint density at radius 3 is 2.62 bits per heavy atom. The van der Waals surface area contributed by atoms with Crippen LogP contribution in [0.2, 0.25) is 0 Å². The van der Waals surface area contributed by atoms with Gasteiger partial charge in [0.05, 0.1) is 52.3 Å². The van der Waals surface area contributed by atoms with Crippen LogP contribution in [0.15, 0.2) is 36.2 Å². The number of imidazole rings is 1. The van der Waals surface area contributed by atoms with Crippen LogP contribution in [0.4, 0.5) is 0 Å². The van der Waals surface area contributed by atoms with Gasteiger partial charge in [-0.3, -0.25) is 9.59 Å². The third-order valence-corrected chi connectivity index (χ3v) is 6.95. The number of unbranched alkanes of at least 4 members (excludes halogenated alkanes) is 1. The Morgan fingerprint density at radius 1 is 1.13 bits per heavy atom. The molecule has 206 valence electrons. The largest absolute Gasteiger partial charge is 0.459 e. The molecule has 4 aromatic heterocycles. The number of rotatable bonds is 10. The fourth-order valence-electron chi connectivity index (χ4n) is 4.16. The van der Waals surface area contributed by atoms with Gasteiger partial charge in [-0.2, -0.15) is 5.10 Å². The highest BCUT2D eigenvalue weighted by molar-refractivity contribution is 7.13. The minimum absolute atomic E-state index is 0.0142. The average Bonchev–Trinajstić information content (AvgIpc) is 3.62. The van der Waals surface area contributed by atoms with E-state index in [2.05, 4.69) is 27.3 Å². The Labute approximate surface area is 232 Å². The van der Waals surface area contributed by atoms with Crippen LogP contribution in [-0.2, 0) is 29.0 Å². The van der Waals surface area contributed by atoms with Gasteiger partial charge >= 0.3 is 5.97 Å². The number of amides is 1. The standard InChI is InChI=1S/C28H35N7O3S/c1-7-8-10-21-20(14-32-35(21)27-30-13-18(2)25(33-27)23-11-9-12-39-23)26(37)29-15-22-19(3)31-17-34(22)16-24(36)38-28(4,5)6/h9,11-14,17H,7-8,10,15-16H2,1-6H3,(H,29,37). The lowest BCUT2D eigenvalue weighted by Crippen LogP contribution is -2.29. The predicted octanol–water partition coefficient (Wildman–Crippen LogP) is 4.82. The Balaban J connectivity index is 1.56. The molecule has 0 radical (unpaired) electrons. The zero-order chi connectivity index (χ0) is 28.2. The maximum absolute atomic E-state index is 13.4. The van der Waals surface area contributed by atoms with E-state index in [1.54, 1.807) is 39.3 Å². The number of esters is 1. The molecule has 0 aliphatic carbocycles. The molecule has 11 heteroatoms. The highest BCUT2D eigenvalue weighted by Crippen LogP contribution is 2.26. The van der Waals surface area contributed by atoms with E-state index in [-0.39, 0.29) is 25.0 Å². The smallest absolute Gasteiger partial charge is 0.326 e. The number of aryl methyl sites for hydroxylation is 2. The van der Waals surface area contributed by atoms with Gasteiger partial charge in [0.1, 0.15) is 12.1 Å². The molecule has 4 aromatic rings. The fraction of sp³-hybridized carbons (Fsp3) is 0.429. The van der Waals surface area contributed by atoms with E-state index in [1.807, 2.05) is 52.1 Å². The lowest BCUT2D eigenvalue weighted by atomic mass is 10.1. The van der Waals surface area contributed by atoms with Crippen LogP contribution in [0.1, 0.15) is 73.5 Å². The molecule has 0 bridgehead atoms. The molecule has 0 unspecified atom stereocenters. The molecule has 0 spiro atoms. The van der Waals surface area contributed by atoms with E-state index < -0.39 is 5.60 Å². The number of ether oxygens (including phenoxy) is 1. The summed E-state index contributed by atoms with van der Waals surface area (Å²) in [6.45, 7) is 11.6. The SMILES string of the molecule is CCCCc1c(C(=O)NCc2c(C)ncn2CC(=O)OC(C)(C)C)cnn1-c1ncc(C)c(-c2cccs2)n1. The Morgan fingerprint density at radius 2 is 1.92 bits per heavy atom. The maximum Gasteiger partial charge on any atom is 0.326 e. The number of nitrogens with one attached hydrogen (secondary N) is 1. The van der Waals surface area contributed by atoms with Gasteiger partial charge in [0.15, 0.2) is 0 Å². The van der Waals surface area contributed by atoms with Crippen molar-refractivity contribution in [2.75, 3.05) is 0 Å². The lowest BCUT2D eigenvalue weighted by molar-refractivity contribution is -0.155. The maximum atomic E-state index is 13.4. The third-order valence-electron chi connectivity index (χ3n) is 6.07. The zero-order valence-corrected chi connectivity index (χ0v) is 24.1. The molecule has 10 nitrogen and oxygen atoms in total. The van der Waals surface area contributed by atoms with Gasteiger partial charge in [-0.1, -0.05) is 19.4 Å². The van der Waals surface area contributed by atoms with Gasteiger partial charge in [-0.25, -0.2) is 19.6 Å². The molecule has 0 atom stereocenters. The monoisotopic (exact) mass is 549 g/mol. The molecule has 4 rings (SSSR count). The number of nitrogens with zero attached hydrogens (tertiary/aromatic N) is 6. The van der Waals surface area contributed by atoms with Crippen LogP contribution in [0.5, 0.6) is 0 Å². The van der Waals surface area contributed by atoms with Crippen molar-refractivity contribution in [1.29, 1.82) is 0 Å². The van der Waals surface area contributed by atoms with Crippen molar-refractivity contribution in [3.05, 3.63) is 64.4 Å². The summed E-state index contributed by atoms with van der Waals surface area (Å²) in [6, 6.07) is 4.02. The molecular formula is C28H35N7O3S. The predicted molar refractivity (Wildman–Crippen MR) is 150 cm³/mol. The summed E-state index contributed by atoms with van der Waals surface area (Å²) in [6.07, 6.45) is 7.45. The minimum atomic E-state index is -0.582.